The zero-order valence-corrected chi connectivity index (χ0v) is 21.1. The summed E-state index contributed by atoms with van der Waals surface area (Å²) >= 11 is 0. The monoisotopic (exact) mass is 498 g/mol. The molecule has 1 heterocycles. The molecular weight excluding hydrogens is 468 g/mol. The van der Waals surface area contributed by atoms with Crippen molar-refractivity contribution >= 4 is 11.7 Å². The number of oxazole rings is 1. The molecule has 3 aromatic carbocycles. The second kappa shape index (κ2) is 13.1. The van der Waals surface area contributed by atoms with Gasteiger partial charge in [-0.05, 0) is 42.3 Å². The van der Waals surface area contributed by atoms with Crippen molar-refractivity contribution in [3.63, 3.8) is 0 Å². The summed E-state index contributed by atoms with van der Waals surface area (Å²) in [6, 6.07) is 27.2. The van der Waals surface area contributed by atoms with Gasteiger partial charge in [-0.15, -0.1) is 0 Å². The third kappa shape index (κ3) is 7.54. The van der Waals surface area contributed by atoms with Crippen LogP contribution < -0.4 is 4.74 Å². The molecule has 4 rings (SSSR count). The van der Waals surface area contributed by atoms with Crippen LogP contribution in [0.4, 0.5) is 0 Å². The number of hydrogen-bond donors (Lipinski definition) is 0. The lowest BCUT2D eigenvalue weighted by Crippen LogP contribution is -2.08. The van der Waals surface area contributed by atoms with E-state index >= 15 is 0 Å². The predicted molar refractivity (Wildman–Crippen MR) is 141 cm³/mol. The number of nitrogens with zero attached hydrogens (tertiary/aromatic N) is 2. The molecular formula is C30H30N2O5. The van der Waals surface area contributed by atoms with Gasteiger partial charge in [0.15, 0.2) is 0 Å². The lowest BCUT2D eigenvalue weighted by Gasteiger charge is -2.08. The SMILES string of the molecule is COC(=O)CCC(=NOCc1ccc(OCCc2nc(-c3ccccc3)oc2C)cc1)c1ccccc1. The van der Waals surface area contributed by atoms with Crippen LogP contribution in [0.5, 0.6) is 5.75 Å². The highest BCUT2D eigenvalue weighted by molar-refractivity contribution is 6.01. The number of carbonyl (C=O) groups is 1. The smallest absolute Gasteiger partial charge is 0.305 e. The largest absolute Gasteiger partial charge is 0.493 e. The van der Waals surface area contributed by atoms with E-state index in [4.69, 9.17) is 18.7 Å². The van der Waals surface area contributed by atoms with Gasteiger partial charge in [-0.3, -0.25) is 4.79 Å². The Labute approximate surface area is 216 Å². The molecule has 0 aliphatic rings. The Kier molecular flexibility index (Phi) is 9.07. The van der Waals surface area contributed by atoms with Crippen LogP contribution in [-0.4, -0.2) is 30.4 Å². The molecule has 37 heavy (non-hydrogen) atoms. The Morgan fingerprint density at radius 1 is 0.919 bits per heavy atom. The van der Waals surface area contributed by atoms with E-state index in [-0.39, 0.29) is 12.4 Å². The van der Waals surface area contributed by atoms with Gasteiger partial charge in [0, 0.05) is 18.4 Å². The van der Waals surface area contributed by atoms with Gasteiger partial charge in [-0.1, -0.05) is 65.8 Å². The quantitative estimate of drug-likeness (QED) is 0.132. The first-order valence-corrected chi connectivity index (χ1v) is 12.2. The molecule has 0 aliphatic carbocycles. The third-order valence-corrected chi connectivity index (χ3v) is 5.75. The van der Waals surface area contributed by atoms with Crippen molar-refractivity contribution in [3.05, 3.63) is 108 Å². The number of hydrogen-bond acceptors (Lipinski definition) is 7. The van der Waals surface area contributed by atoms with Crippen molar-refractivity contribution in [2.75, 3.05) is 13.7 Å². The van der Waals surface area contributed by atoms with Gasteiger partial charge in [0.25, 0.3) is 0 Å². The summed E-state index contributed by atoms with van der Waals surface area (Å²) in [5, 5.41) is 4.29. The highest BCUT2D eigenvalue weighted by atomic mass is 16.6. The van der Waals surface area contributed by atoms with Gasteiger partial charge < -0.3 is 18.7 Å². The zero-order chi connectivity index (χ0) is 25.9. The maximum absolute atomic E-state index is 11.6. The van der Waals surface area contributed by atoms with Gasteiger partial charge in [-0.25, -0.2) is 4.98 Å². The average Bonchev–Trinajstić information content (AvgIpc) is 3.32. The Balaban J connectivity index is 1.28. The molecule has 0 atom stereocenters. The number of ether oxygens (including phenoxy) is 2. The molecule has 0 radical (unpaired) electrons. The van der Waals surface area contributed by atoms with Crippen molar-refractivity contribution in [2.24, 2.45) is 5.16 Å². The molecule has 0 saturated carbocycles. The second-order valence-corrected chi connectivity index (χ2v) is 8.38. The highest BCUT2D eigenvalue weighted by Crippen LogP contribution is 2.22. The number of benzene rings is 3. The Morgan fingerprint density at radius 2 is 1.62 bits per heavy atom. The van der Waals surface area contributed by atoms with Crippen molar-refractivity contribution < 1.29 is 23.5 Å². The van der Waals surface area contributed by atoms with E-state index in [0.717, 1.165) is 33.9 Å². The number of carbonyl (C=O) groups excluding carboxylic acids is 1. The number of esters is 1. The molecule has 0 aliphatic heterocycles. The lowest BCUT2D eigenvalue weighted by atomic mass is 10.1. The minimum atomic E-state index is -0.283. The molecule has 0 saturated heterocycles. The van der Waals surface area contributed by atoms with Crippen LogP contribution in [0.3, 0.4) is 0 Å². The Bertz CT molecular complexity index is 1300. The first-order chi connectivity index (χ1) is 18.1. The van der Waals surface area contributed by atoms with E-state index in [1.807, 2.05) is 91.9 Å². The number of aromatic nitrogens is 1. The summed E-state index contributed by atoms with van der Waals surface area (Å²) in [4.78, 5) is 21.8. The summed E-state index contributed by atoms with van der Waals surface area (Å²) in [5.74, 6) is 1.91. The molecule has 7 heteroatoms. The third-order valence-electron chi connectivity index (χ3n) is 5.75. The predicted octanol–water partition coefficient (Wildman–Crippen LogP) is 6.15. The molecule has 4 aromatic rings. The summed E-state index contributed by atoms with van der Waals surface area (Å²) in [7, 11) is 1.38. The van der Waals surface area contributed by atoms with Crippen molar-refractivity contribution in [1.82, 2.24) is 4.98 Å². The van der Waals surface area contributed by atoms with Crippen LogP contribution in [0, 0.1) is 6.92 Å². The van der Waals surface area contributed by atoms with Gasteiger partial charge in [0.1, 0.15) is 18.1 Å². The van der Waals surface area contributed by atoms with E-state index in [9.17, 15) is 4.79 Å². The maximum Gasteiger partial charge on any atom is 0.305 e. The van der Waals surface area contributed by atoms with Crippen molar-refractivity contribution in [1.29, 1.82) is 0 Å². The second-order valence-electron chi connectivity index (χ2n) is 8.38. The molecule has 0 spiro atoms. The van der Waals surface area contributed by atoms with Crippen LogP contribution in [0.15, 0.2) is 94.5 Å². The van der Waals surface area contributed by atoms with Crippen LogP contribution in [0.1, 0.15) is 35.4 Å². The fraction of sp³-hybridized carbons (Fsp3) is 0.233. The fourth-order valence-electron chi connectivity index (χ4n) is 3.69. The van der Waals surface area contributed by atoms with Gasteiger partial charge in [0.05, 0.1) is 31.5 Å². The molecule has 0 unspecified atom stereocenters. The normalized spacial score (nSPS) is 11.2. The van der Waals surface area contributed by atoms with E-state index in [2.05, 4.69) is 10.1 Å². The van der Waals surface area contributed by atoms with E-state index < -0.39 is 0 Å². The Morgan fingerprint density at radius 3 is 2.32 bits per heavy atom. The van der Waals surface area contributed by atoms with Gasteiger partial charge in [0.2, 0.25) is 5.89 Å². The van der Waals surface area contributed by atoms with Gasteiger partial charge >= 0.3 is 5.97 Å². The van der Waals surface area contributed by atoms with Crippen LogP contribution in [0.25, 0.3) is 11.5 Å². The summed E-state index contributed by atoms with van der Waals surface area (Å²) < 4.78 is 16.5. The van der Waals surface area contributed by atoms with Crippen LogP contribution in [0.2, 0.25) is 0 Å². The van der Waals surface area contributed by atoms with E-state index in [1.54, 1.807) is 0 Å². The number of rotatable bonds is 12. The van der Waals surface area contributed by atoms with E-state index in [0.29, 0.717) is 37.7 Å². The topological polar surface area (TPSA) is 83.2 Å². The zero-order valence-electron chi connectivity index (χ0n) is 21.1. The van der Waals surface area contributed by atoms with Crippen LogP contribution >= 0.6 is 0 Å². The number of methoxy groups -OCH3 is 1. The molecule has 0 amide bonds. The van der Waals surface area contributed by atoms with Crippen LogP contribution in [-0.2, 0) is 27.4 Å². The van der Waals surface area contributed by atoms with Gasteiger partial charge in [-0.2, -0.15) is 0 Å². The standard InChI is InChI=1S/C30H30N2O5/c1-22-27(31-30(37-22)25-11-7-4-8-12-25)19-20-35-26-15-13-23(14-16-26)21-36-32-28(17-18-29(33)34-2)24-9-5-3-6-10-24/h3-16H,17-21H2,1-2H3. The summed E-state index contributed by atoms with van der Waals surface area (Å²) in [5.41, 5.74) is 4.41. The molecule has 0 bridgehead atoms. The molecule has 190 valence electrons. The molecule has 0 N–H and O–H groups in total. The van der Waals surface area contributed by atoms with E-state index in [1.165, 1.54) is 7.11 Å². The fourth-order valence-corrected chi connectivity index (χ4v) is 3.69. The highest BCUT2D eigenvalue weighted by Gasteiger charge is 2.12. The minimum Gasteiger partial charge on any atom is -0.493 e. The van der Waals surface area contributed by atoms with Crippen molar-refractivity contribution in [3.8, 4) is 17.2 Å². The summed E-state index contributed by atoms with van der Waals surface area (Å²) in [6.07, 6.45) is 1.32. The summed E-state index contributed by atoms with van der Waals surface area (Å²) in [6.45, 7) is 2.71. The Hall–Kier alpha value is -4.39. The average molecular weight is 499 g/mol. The lowest BCUT2D eigenvalue weighted by molar-refractivity contribution is -0.140. The minimum absolute atomic E-state index is 0.237. The first-order valence-electron chi connectivity index (χ1n) is 12.2. The molecule has 7 nitrogen and oxygen atoms in total. The number of oxime groups is 1. The number of aryl methyl sites for hydroxylation is 1. The molecule has 0 fully saturated rings. The van der Waals surface area contributed by atoms with Crippen molar-refractivity contribution in [2.45, 2.75) is 32.8 Å². The first kappa shape index (κ1) is 25.7. The molecule has 1 aromatic heterocycles. The maximum atomic E-state index is 11.6.